The van der Waals surface area contributed by atoms with Crippen molar-refractivity contribution in [1.82, 2.24) is 20.1 Å². The first-order chi connectivity index (χ1) is 12.2. The molecule has 0 saturated carbocycles. The Morgan fingerprint density at radius 1 is 1.31 bits per heavy atom. The second kappa shape index (κ2) is 6.29. The van der Waals surface area contributed by atoms with Crippen LogP contribution in [0.3, 0.4) is 0 Å². The minimum Gasteiger partial charge on any atom is -0.479 e. The van der Waals surface area contributed by atoms with Crippen molar-refractivity contribution in [2.45, 2.75) is 26.8 Å². The van der Waals surface area contributed by atoms with E-state index < -0.39 is 23.7 Å². The Morgan fingerprint density at radius 3 is 2.58 bits per heavy atom. The number of nitrogens with zero attached hydrogens (tertiary/aromatic N) is 2. The van der Waals surface area contributed by atoms with E-state index in [1.165, 1.54) is 12.1 Å². The fourth-order valence-corrected chi connectivity index (χ4v) is 3.37. The number of aromatic nitrogens is 3. The quantitative estimate of drug-likeness (QED) is 0.667. The number of aryl methyl sites for hydroxylation is 4. The monoisotopic (exact) mass is 358 g/mol. The van der Waals surface area contributed by atoms with Crippen LogP contribution in [0.2, 0.25) is 0 Å². The lowest BCUT2D eigenvalue weighted by atomic mass is 10.0. The topological polar surface area (TPSA) is 100 Å². The number of benzene rings is 1. The van der Waals surface area contributed by atoms with Crippen molar-refractivity contribution in [3.63, 3.8) is 0 Å². The van der Waals surface area contributed by atoms with Crippen molar-refractivity contribution in [3.8, 4) is 0 Å². The number of carbonyl (C=O) groups excluding carboxylic acids is 1. The molecule has 0 unspecified atom stereocenters. The van der Waals surface area contributed by atoms with Gasteiger partial charge in [0.2, 0.25) is 0 Å². The first-order valence-electron chi connectivity index (χ1n) is 8.02. The standard InChI is InChI=1S/C18H19FN4O3/c1-8-12-7-11(19)5-6-13(12)23(4)16(8)17(24)20-15(18(25)26)14-9(2)21-22-10(14)3/h5-7,15H,1-4H3,(H,20,24)(H,21,22)(H,25,26)/t15-/m0/s1. The number of H-pyrrole nitrogens is 1. The molecule has 0 aliphatic heterocycles. The number of hydrogen-bond acceptors (Lipinski definition) is 3. The molecule has 26 heavy (non-hydrogen) atoms. The number of hydrogen-bond donors (Lipinski definition) is 3. The molecule has 136 valence electrons. The number of carbonyl (C=O) groups is 2. The van der Waals surface area contributed by atoms with Gasteiger partial charge in [-0.05, 0) is 44.5 Å². The predicted molar refractivity (Wildman–Crippen MR) is 93.5 cm³/mol. The second-order valence-electron chi connectivity index (χ2n) is 6.29. The largest absolute Gasteiger partial charge is 0.479 e. The highest BCUT2D eigenvalue weighted by atomic mass is 19.1. The normalized spacial score (nSPS) is 12.3. The number of aromatic amines is 1. The van der Waals surface area contributed by atoms with Crippen LogP contribution in [-0.2, 0) is 11.8 Å². The number of carboxylic acids is 1. The van der Waals surface area contributed by atoms with E-state index in [0.29, 0.717) is 33.4 Å². The van der Waals surface area contributed by atoms with Crippen LogP contribution in [0, 0.1) is 26.6 Å². The Kier molecular flexibility index (Phi) is 4.27. The van der Waals surface area contributed by atoms with Crippen LogP contribution in [0.5, 0.6) is 0 Å². The summed E-state index contributed by atoms with van der Waals surface area (Å²) in [4.78, 5) is 24.6. The van der Waals surface area contributed by atoms with E-state index in [1.54, 1.807) is 38.5 Å². The first kappa shape index (κ1) is 17.7. The molecule has 0 spiro atoms. The third-order valence-electron chi connectivity index (χ3n) is 4.63. The molecule has 0 radical (unpaired) electrons. The molecule has 3 rings (SSSR count). The maximum atomic E-state index is 13.6. The first-order valence-corrected chi connectivity index (χ1v) is 8.02. The molecule has 2 aromatic heterocycles. The summed E-state index contributed by atoms with van der Waals surface area (Å²) >= 11 is 0. The van der Waals surface area contributed by atoms with E-state index in [-0.39, 0.29) is 5.69 Å². The Morgan fingerprint density at radius 2 is 2.00 bits per heavy atom. The number of nitrogens with one attached hydrogen (secondary N) is 2. The van der Waals surface area contributed by atoms with Gasteiger partial charge in [-0.3, -0.25) is 9.89 Å². The fourth-order valence-electron chi connectivity index (χ4n) is 3.37. The predicted octanol–water partition coefficient (Wildman–Crippen LogP) is 2.52. The molecule has 0 fully saturated rings. The lowest BCUT2D eigenvalue weighted by Gasteiger charge is -2.16. The zero-order valence-corrected chi connectivity index (χ0v) is 14.8. The molecule has 0 saturated heterocycles. The molecular weight excluding hydrogens is 339 g/mol. The summed E-state index contributed by atoms with van der Waals surface area (Å²) in [6.07, 6.45) is 0. The molecular formula is C18H19FN4O3. The van der Waals surface area contributed by atoms with Crippen LogP contribution in [0.4, 0.5) is 4.39 Å². The second-order valence-corrected chi connectivity index (χ2v) is 6.29. The van der Waals surface area contributed by atoms with Gasteiger partial charge in [-0.2, -0.15) is 5.10 Å². The number of halogens is 1. The minimum absolute atomic E-state index is 0.288. The summed E-state index contributed by atoms with van der Waals surface area (Å²) < 4.78 is 15.2. The fraction of sp³-hybridized carbons (Fsp3) is 0.278. The van der Waals surface area contributed by atoms with E-state index in [4.69, 9.17) is 0 Å². The van der Waals surface area contributed by atoms with E-state index in [2.05, 4.69) is 15.5 Å². The molecule has 1 aromatic carbocycles. The summed E-state index contributed by atoms with van der Waals surface area (Å²) in [5.74, 6) is -2.13. The molecule has 3 aromatic rings. The lowest BCUT2D eigenvalue weighted by Crippen LogP contribution is -2.35. The van der Waals surface area contributed by atoms with Gasteiger partial charge in [-0.15, -0.1) is 0 Å². The van der Waals surface area contributed by atoms with Gasteiger partial charge in [0.15, 0.2) is 6.04 Å². The maximum Gasteiger partial charge on any atom is 0.331 e. The van der Waals surface area contributed by atoms with Crippen LogP contribution in [0.15, 0.2) is 18.2 Å². The van der Waals surface area contributed by atoms with Gasteiger partial charge in [0.1, 0.15) is 11.5 Å². The number of fused-ring (bicyclic) bond motifs is 1. The van der Waals surface area contributed by atoms with Crippen LogP contribution >= 0.6 is 0 Å². The van der Waals surface area contributed by atoms with Crippen molar-refractivity contribution in [1.29, 1.82) is 0 Å². The molecule has 3 N–H and O–H groups in total. The van der Waals surface area contributed by atoms with E-state index >= 15 is 0 Å². The average molecular weight is 358 g/mol. The molecule has 0 aliphatic carbocycles. The highest BCUT2D eigenvalue weighted by Crippen LogP contribution is 2.27. The third kappa shape index (κ3) is 2.73. The van der Waals surface area contributed by atoms with Gasteiger partial charge in [-0.25, -0.2) is 9.18 Å². The Bertz CT molecular complexity index is 1020. The number of rotatable bonds is 4. The lowest BCUT2D eigenvalue weighted by molar-refractivity contribution is -0.139. The van der Waals surface area contributed by atoms with Gasteiger partial charge < -0.3 is 15.0 Å². The van der Waals surface area contributed by atoms with Gasteiger partial charge >= 0.3 is 5.97 Å². The summed E-state index contributed by atoms with van der Waals surface area (Å²) in [6, 6.07) is 3.03. The van der Waals surface area contributed by atoms with Crippen LogP contribution in [-0.4, -0.2) is 31.7 Å². The smallest absolute Gasteiger partial charge is 0.331 e. The maximum absolute atomic E-state index is 13.6. The number of aliphatic carboxylic acids is 1. The average Bonchev–Trinajstić information content (AvgIpc) is 3.02. The van der Waals surface area contributed by atoms with Crippen molar-refractivity contribution in [3.05, 3.63) is 52.2 Å². The Hall–Kier alpha value is -3.16. The summed E-state index contributed by atoms with van der Waals surface area (Å²) in [5.41, 5.74) is 3.07. The zero-order chi connectivity index (χ0) is 19.2. The molecule has 1 atom stereocenters. The van der Waals surface area contributed by atoms with Crippen molar-refractivity contribution < 1.29 is 19.1 Å². The molecule has 0 aliphatic rings. The highest BCUT2D eigenvalue weighted by molar-refractivity contribution is 6.03. The molecule has 2 heterocycles. The van der Waals surface area contributed by atoms with E-state index in [0.717, 1.165) is 0 Å². The molecule has 7 nitrogen and oxygen atoms in total. The SMILES string of the molecule is Cc1n[nH]c(C)c1[C@H](NC(=O)c1c(C)c2cc(F)ccc2n1C)C(=O)O. The van der Waals surface area contributed by atoms with Gasteiger partial charge in [-0.1, -0.05) is 0 Å². The van der Waals surface area contributed by atoms with Crippen molar-refractivity contribution >= 4 is 22.8 Å². The highest BCUT2D eigenvalue weighted by Gasteiger charge is 2.29. The van der Waals surface area contributed by atoms with Crippen LogP contribution in [0.25, 0.3) is 10.9 Å². The van der Waals surface area contributed by atoms with Gasteiger partial charge in [0.05, 0.1) is 5.69 Å². The van der Waals surface area contributed by atoms with E-state index in [1.807, 2.05) is 0 Å². The van der Waals surface area contributed by atoms with Crippen LogP contribution < -0.4 is 5.32 Å². The molecule has 0 bridgehead atoms. The Labute approximate surface area is 148 Å². The van der Waals surface area contributed by atoms with Gasteiger partial charge in [0.25, 0.3) is 5.91 Å². The van der Waals surface area contributed by atoms with Crippen LogP contribution in [0.1, 0.15) is 39.0 Å². The van der Waals surface area contributed by atoms with Crippen molar-refractivity contribution in [2.24, 2.45) is 7.05 Å². The summed E-state index contributed by atoms with van der Waals surface area (Å²) in [7, 11) is 1.69. The Balaban J connectivity index is 2.04. The summed E-state index contributed by atoms with van der Waals surface area (Å²) in [6.45, 7) is 5.08. The number of amides is 1. The minimum atomic E-state index is -1.24. The number of carboxylic acid groups (broad SMARTS) is 1. The third-order valence-corrected chi connectivity index (χ3v) is 4.63. The van der Waals surface area contributed by atoms with Gasteiger partial charge in [0, 0.05) is 29.2 Å². The zero-order valence-electron chi connectivity index (χ0n) is 14.8. The molecule has 8 heteroatoms. The van der Waals surface area contributed by atoms with Crippen molar-refractivity contribution in [2.75, 3.05) is 0 Å². The van der Waals surface area contributed by atoms with E-state index in [9.17, 15) is 19.1 Å². The molecule has 1 amide bonds. The summed E-state index contributed by atoms with van der Waals surface area (Å²) in [5, 5.41) is 19.5.